The fourth-order valence-electron chi connectivity index (χ4n) is 2.77. The first kappa shape index (κ1) is 19.8. The molecule has 0 aliphatic rings. The molecule has 0 aliphatic heterocycles. The summed E-state index contributed by atoms with van der Waals surface area (Å²) in [5.74, 6) is -0.380. The lowest BCUT2D eigenvalue weighted by molar-refractivity contribution is 0.0934. The fraction of sp³-hybridized carbons (Fsp3) is 0.190. The molecule has 0 radical (unpaired) electrons. The zero-order valence-corrected chi connectivity index (χ0v) is 16.1. The molecule has 0 spiro atoms. The van der Waals surface area contributed by atoms with E-state index in [1.165, 1.54) is 23.9 Å². The SMILES string of the molecule is COCCn1nc(C(=O)NC(c2ccccc2)c2ccc(Cl)cc2)ccc1=O. The van der Waals surface area contributed by atoms with Gasteiger partial charge in [-0.2, -0.15) is 5.10 Å². The number of rotatable bonds is 7. The van der Waals surface area contributed by atoms with E-state index in [1.54, 1.807) is 12.1 Å². The third-order valence-electron chi connectivity index (χ3n) is 4.22. The summed E-state index contributed by atoms with van der Waals surface area (Å²) >= 11 is 6.00. The molecular formula is C21H20ClN3O3. The summed E-state index contributed by atoms with van der Waals surface area (Å²) in [4.78, 5) is 24.8. The van der Waals surface area contributed by atoms with E-state index < -0.39 is 0 Å². The highest BCUT2D eigenvalue weighted by molar-refractivity contribution is 6.30. The minimum absolute atomic E-state index is 0.158. The number of carbonyl (C=O) groups is 1. The predicted octanol–water partition coefficient (Wildman–Crippen LogP) is 3.06. The molecule has 0 saturated carbocycles. The molecule has 3 aromatic rings. The Morgan fingerprint density at radius 1 is 1.07 bits per heavy atom. The van der Waals surface area contributed by atoms with E-state index in [1.807, 2.05) is 42.5 Å². The number of nitrogens with zero attached hydrogens (tertiary/aromatic N) is 2. The second-order valence-electron chi connectivity index (χ2n) is 6.14. The van der Waals surface area contributed by atoms with Gasteiger partial charge in [0.2, 0.25) is 0 Å². The van der Waals surface area contributed by atoms with Gasteiger partial charge in [-0.3, -0.25) is 9.59 Å². The van der Waals surface area contributed by atoms with Crippen LogP contribution in [-0.4, -0.2) is 29.4 Å². The molecule has 6 nitrogen and oxygen atoms in total. The number of amides is 1. The van der Waals surface area contributed by atoms with Crippen LogP contribution >= 0.6 is 11.6 Å². The molecule has 7 heteroatoms. The van der Waals surface area contributed by atoms with Gasteiger partial charge < -0.3 is 10.1 Å². The second-order valence-corrected chi connectivity index (χ2v) is 6.58. The molecular weight excluding hydrogens is 378 g/mol. The van der Waals surface area contributed by atoms with E-state index in [4.69, 9.17) is 16.3 Å². The molecule has 1 aromatic heterocycles. The number of carbonyl (C=O) groups excluding carboxylic acids is 1. The van der Waals surface area contributed by atoms with Gasteiger partial charge in [-0.15, -0.1) is 0 Å². The Hall–Kier alpha value is -2.96. The van der Waals surface area contributed by atoms with Gasteiger partial charge in [-0.1, -0.05) is 54.1 Å². The highest BCUT2D eigenvalue weighted by Gasteiger charge is 2.19. The van der Waals surface area contributed by atoms with E-state index >= 15 is 0 Å². The Labute approximate surface area is 167 Å². The monoisotopic (exact) mass is 397 g/mol. The summed E-state index contributed by atoms with van der Waals surface area (Å²) in [7, 11) is 1.54. The van der Waals surface area contributed by atoms with E-state index in [0.717, 1.165) is 11.1 Å². The lowest BCUT2D eigenvalue weighted by Crippen LogP contribution is -2.33. The van der Waals surface area contributed by atoms with Crippen LogP contribution < -0.4 is 10.9 Å². The minimum atomic E-state index is -0.382. The van der Waals surface area contributed by atoms with Crippen LogP contribution in [0.4, 0.5) is 0 Å². The van der Waals surface area contributed by atoms with Crippen molar-refractivity contribution in [3.63, 3.8) is 0 Å². The largest absolute Gasteiger partial charge is 0.383 e. The second kappa shape index (κ2) is 9.30. The summed E-state index contributed by atoms with van der Waals surface area (Å²) in [6.07, 6.45) is 0. The van der Waals surface area contributed by atoms with Gasteiger partial charge in [0, 0.05) is 18.2 Å². The molecule has 2 aromatic carbocycles. The molecule has 0 saturated heterocycles. The van der Waals surface area contributed by atoms with Crippen molar-refractivity contribution >= 4 is 17.5 Å². The van der Waals surface area contributed by atoms with Crippen molar-refractivity contribution in [1.29, 1.82) is 0 Å². The first-order valence-electron chi connectivity index (χ1n) is 8.77. The number of nitrogens with one attached hydrogen (secondary N) is 1. The van der Waals surface area contributed by atoms with E-state index in [2.05, 4.69) is 10.4 Å². The van der Waals surface area contributed by atoms with Crippen molar-refractivity contribution in [2.24, 2.45) is 0 Å². The molecule has 1 atom stereocenters. The normalized spacial score (nSPS) is 11.8. The summed E-state index contributed by atoms with van der Waals surface area (Å²) < 4.78 is 6.20. The Balaban J connectivity index is 1.89. The van der Waals surface area contributed by atoms with Crippen LogP contribution in [-0.2, 0) is 11.3 Å². The summed E-state index contributed by atoms with van der Waals surface area (Å²) in [6.45, 7) is 0.602. The number of benzene rings is 2. The van der Waals surface area contributed by atoms with Crippen LogP contribution in [0.3, 0.4) is 0 Å². The average molecular weight is 398 g/mol. The Bertz CT molecular complexity index is 988. The standard InChI is InChI=1S/C21H20ClN3O3/c1-28-14-13-25-19(26)12-11-18(24-25)21(27)23-20(15-5-3-2-4-6-15)16-7-9-17(22)10-8-16/h2-12,20H,13-14H2,1H3,(H,23,27). The topological polar surface area (TPSA) is 73.2 Å². The number of ether oxygens (including phenoxy) is 1. The zero-order valence-electron chi connectivity index (χ0n) is 15.3. The average Bonchev–Trinajstić information content (AvgIpc) is 2.72. The van der Waals surface area contributed by atoms with Gasteiger partial charge in [0.1, 0.15) is 5.69 Å². The van der Waals surface area contributed by atoms with Gasteiger partial charge in [-0.25, -0.2) is 4.68 Å². The highest BCUT2D eigenvalue weighted by Crippen LogP contribution is 2.23. The van der Waals surface area contributed by atoms with Gasteiger partial charge in [0.15, 0.2) is 0 Å². The number of hydrogen-bond donors (Lipinski definition) is 1. The zero-order chi connectivity index (χ0) is 19.9. The number of aromatic nitrogens is 2. The minimum Gasteiger partial charge on any atom is -0.383 e. The lowest BCUT2D eigenvalue weighted by Gasteiger charge is -2.20. The molecule has 144 valence electrons. The summed E-state index contributed by atoms with van der Waals surface area (Å²) in [5.41, 5.74) is 1.68. The Morgan fingerprint density at radius 3 is 2.43 bits per heavy atom. The maximum Gasteiger partial charge on any atom is 0.272 e. The van der Waals surface area contributed by atoms with Crippen molar-refractivity contribution < 1.29 is 9.53 Å². The van der Waals surface area contributed by atoms with Crippen molar-refractivity contribution in [1.82, 2.24) is 15.1 Å². The molecule has 3 rings (SSSR count). The Morgan fingerprint density at radius 2 is 1.75 bits per heavy atom. The van der Waals surface area contributed by atoms with E-state index in [-0.39, 0.29) is 29.7 Å². The quantitative estimate of drug-likeness (QED) is 0.665. The number of halogens is 1. The first-order valence-corrected chi connectivity index (χ1v) is 9.14. The highest BCUT2D eigenvalue weighted by atomic mass is 35.5. The maximum absolute atomic E-state index is 12.9. The molecule has 1 unspecified atom stereocenters. The van der Waals surface area contributed by atoms with Gasteiger partial charge in [0.05, 0.1) is 19.2 Å². The van der Waals surface area contributed by atoms with Crippen LogP contribution in [0.2, 0.25) is 5.02 Å². The van der Waals surface area contributed by atoms with Crippen molar-refractivity contribution in [2.75, 3.05) is 13.7 Å². The van der Waals surface area contributed by atoms with Gasteiger partial charge in [0.25, 0.3) is 11.5 Å². The third-order valence-corrected chi connectivity index (χ3v) is 4.47. The smallest absolute Gasteiger partial charge is 0.272 e. The predicted molar refractivity (Wildman–Crippen MR) is 108 cm³/mol. The number of hydrogen-bond acceptors (Lipinski definition) is 4. The molecule has 0 aliphatic carbocycles. The van der Waals surface area contributed by atoms with E-state index in [9.17, 15) is 9.59 Å². The van der Waals surface area contributed by atoms with Crippen molar-refractivity contribution in [3.8, 4) is 0 Å². The molecule has 1 N–H and O–H groups in total. The molecule has 0 fully saturated rings. The Kier molecular flexibility index (Phi) is 6.57. The van der Waals surface area contributed by atoms with Crippen LogP contribution in [0.5, 0.6) is 0 Å². The molecule has 28 heavy (non-hydrogen) atoms. The van der Waals surface area contributed by atoms with E-state index in [0.29, 0.717) is 11.6 Å². The molecule has 1 heterocycles. The fourth-order valence-corrected chi connectivity index (χ4v) is 2.90. The van der Waals surface area contributed by atoms with Crippen molar-refractivity contribution in [2.45, 2.75) is 12.6 Å². The van der Waals surface area contributed by atoms with Gasteiger partial charge >= 0.3 is 0 Å². The number of methoxy groups -OCH3 is 1. The molecule has 1 amide bonds. The van der Waals surface area contributed by atoms with Crippen LogP contribution in [0.1, 0.15) is 27.7 Å². The lowest BCUT2D eigenvalue weighted by atomic mass is 9.98. The van der Waals surface area contributed by atoms with Crippen LogP contribution in [0, 0.1) is 0 Å². The van der Waals surface area contributed by atoms with Crippen molar-refractivity contribution in [3.05, 3.63) is 98.9 Å². The van der Waals surface area contributed by atoms with Crippen LogP contribution in [0.15, 0.2) is 71.5 Å². The molecule has 0 bridgehead atoms. The van der Waals surface area contributed by atoms with Gasteiger partial charge in [-0.05, 0) is 29.3 Å². The first-order chi connectivity index (χ1) is 13.6. The summed E-state index contributed by atoms with van der Waals surface area (Å²) in [6, 6.07) is 19.3. The van der Waals surface area contributed by atoms with Crippen LogP contribution in [0.25, 0.3) is 0 Å². The maximum atomic E-state index is 12.9. The summed E-state index contributed by atoms with van der Waals surface area (Å²) in [5, 5.41) is 7.77. The third kappa shape index (κ3) is 4.85.